The monoisotopic (exact) mass is 325 g/mol. The van der Waals surface area contributed by atoms with Crippen LogP contribution >= 0.6 is 0 Å². The molecule has 1 fully saturated rings. The first-order valence-corrected chi connectivity index (χ1v) is 8.10. The van der Waals surface area contributed by atoms with E-state index in [1.807, 2.05) is 18.2 Å². The molecule has 0 radical (unpaired) electrons. The van der Waals surface area contributed by atoms with Crippen molar-refractivity contribution in [3.8, 4) is 0 Å². The van der Waals surface area contributed by atoms with Crippen LogP contribution in [0.25, 0.3) is 0 Å². The van der Waals surface area contributed by atoms with Gasteiger partial charge in [0.2, 0.25) is 0 Å². The van der Waals surface area contributed by atoms with Crippen LogP contribution in [0.4, 0.5) is 0 Å². The van der Waals surface area contributed by atoms with E-state index in [4.69, 9.17) is 9.47 Å². The molecule has 1 aromatic carbocycles. The van der Waals surface area contributed by atoms with Gasteiger partial charge in [-0.1, -0.05) is 30.3 Å². The van der Waals surface area contributed by atoms with Gasteiger partial charge in [-0.2, -0.15) is 0 Å². The van der Waals surface area contributed by atoms with Crippen molar-refractivity contribution in [3.63, 3.8) is 0 Å². The minimum Gasteiger partial charge on any atom is -0.388 e. The van der Waals surface area contributed by atoms with Crippen LogP contribution in [0.5, 0.6) is 0 Å². The largest absolute Gasteiger partial charge is 0.388 e. The highest BCUT2D eigenvalue weighted by Gasteiger charge is 2.43. The van der Waals surface area contributed by atoms with Gasteiger partial charge in [0.15, 0.2) is 6.29 Å². The molecule has 1 aromatic rings. The van der Waals surface area contributed by atoms with Crippen molar-refractivity contribution >= 4 is 0 Å². The van der Waals surface area contributed by atoms with Crippen molar-refractivity contribution < 1.29 is 24.8 Å². The molecular weight excluding hydrogens is 298 g/mol. The van der Waals surface area contributed by atoms with Crippen LogP contribution in [0.3, 0.4) is 0 Å². The van der Waals surface area contributed by atoms with Crippen LogP contribution in [-0.4, -0.2) is 66.2 Å². The van der Waals surface area contributed by atoms with Crippen molar-refractivity contribution in [1.29, 1.82) is 0 Å². The van der Waals surface area contributed by atoms with E-state index in [0.717, 1.165) is 25.8 Å². The second-order valence-corrected chi connectivity index (χ2v) is 5.90. The second kappa shape index (κ2) is 9.32. The molecule has 1 aliphatic heterocycles. The SMILES string of the molecule is CO[C@H]1O[C@H](CNCCCCc2ccccc2)[C@H](O)[C@H](O)[C@H]1O. The summed E-state index contributed by atoms with van der Waals surface area (Å²) < 4.78 is 10.4. The number of hydrogen-bond acceptors (Lipinski definition) is 6. The molecule has 5 atom stereocenters. The van der Waals surface area contributed by atoms with E-state index in [0.29, 0.717) is 6.54 Å². The van der Waals surface area contributed by atoms with E-state index in [-0.39, 0.29) is 0 Å². The third kappa shape index (κ3) is 5.24. The molecule has 4 N–H and O–H groups in total. The van der Waals surface area contributed by atoms with Crippen molar-refractivity contribution in [1.82, 2.24) is 5.32 Å². The zero-order valence-corrected chi connectivity index (χ0v) is 13.5. The maximum atomic E-state index is 9.94. The topological polar surface area (TPSA) is 91.2 Å². The third-order valence-electron chi connectivity index (χ3n) is 4.16. The summed E-state index contributed by atoms with van der Waals surface area (Å²) in [6.07, 6.45) is -2.03. The van der Waals surface area contributed by atoms with Crippen molar-refractivity contribution in [2.75, 3.05) is 20.2 Å². The van der Waals surface area contributed by atoms with Crippen LogP contribution in [0.1, 0.15) is 18.4 Å². The number of aliphatic hydroxyl groups is 3. The van der Waals surface area contributed by atoms with Gasteiger partial charge in [0.25, 0.3) is 0 Å². The van der Waals surface area contributed by atoms with Gasteiger partial charge >= 0.3 is 0 Å². The summed E-state index contributed by atoms with van der Waals surface area (Å²) in [5.41, 5.74) is 1.33. The smallest absolute Gasteiger partial charge is 0.186 e. The lowest BCUT2D eigenvalue weighted by molar-refractivity contribution is -0.288. The fourth-order valence-electron chi connectivity index (χ4n) is 2.75. The Balaban J connectivity index is 1.63. The van der Waals surface area contributed by atoms with Crippen molar-refractivity contribution in [2.24, 2.45) is 0 Å². The summed E-state index contributed by atoms with van der Waals surface area (Å²) in [6, 6.07) is 10.3. The summed E-state index contributed by atoms with van der Waals surface area (Å²) in [6.45, 7) is 1.20. The number of rotatable bonds is 8. The van der Waals surface area contributed by atoms with Gasteiger partial charge in [-0.25, -0.2) is 0 Å². The maximum Gasteiger partial charge on any atom is 0.186 e. The standard InChI is InChI=1S/C17H27NO5/c1-22-17-16(21)15(20)14(19)13(23-17)11-18-10-6-5-9-12-7-3-2-4-8-12/h2-4,7-8,13-21H,5-6,9-11H2,1H3/t13-,14+,15+,16-,17+/m1/s1. The number of aryl methyl sites for hydroxylation is 1. The lowest BCUT2D eigenvalue weighted by atomic mass is 9.99. The molecular formula is C17H27NO5. The Morgan fingerprint density at radius 2 is 1.78 bits per heavy atom. The first-order valence-electron chi connectivity index (χ1n) is 8.10. The summed E-state index contributed by atoms with van der Waals surface area (Å²) in [7, 11) is 1.40. The highest BCUT2D eigenvalue weighted by atomic mass is 16.7. The Labute approximate surface area is 137 Å². The molecule has 6 heteroatoms. The van der Waals surface area contributed by atoms with Gasteiger partial charge in [-0.3, -0.25) is 0 Å². The van der Waals surface area contributed by atoms with E-state index in [2.05, 4.69) is 17.4 Å². The molecule has 2 rings (SSSR count). The zero-order chi connectivity index (χ0) is 16.7. The zero-order valence-electron chi connectivity index (χ0n) is 13.5. The molecule has 0 aliphatic carbocycles. The number of benzene rings is 1. The van der Waals surface area contributed by atoms with E-state index in [1.54, 1.807) is 0 Å². The van der Waals surface area contributed by atoms with Gasteiger partial charge in [0.05, 0.1) is 0 Å². The van der Waals surface area contributed by atoms with Crippen molar-refractivity contribution in [2.45, 2.75) is 50.0 Å². The molecule has 23 heavy (non-hydrogen) atoms. The molecule has 1 saturated heterocycles. The van der Waals surface area contributed by atoms with Crippen LogP contribution in [0, 0.1) is 0 Å². The molecule has 0 amide bonds. The first-order chi connectivity index (χ1) is 11.1. The average Bonchev–Trinajstić information content (AvgIpc) is 2.58. The minimum atomic E-state index is -1.27. The second-order valence-electron chi connectivity index (χ2n) is 5.90. The Bertz CT molecular complexity index is 442. The molecule has 6 nitrogen and oxygen atoms in total. The quantitative estimate of drug-likeness (QED) is 0.505. The average molecular weight is 325 g/mol. The van der Waals surface area contributed by atoms with E-state index >= 15 is 0 Å². The molecule has 130 valence electrons. The number of aliphatic hydroxyl groups excluding tert-OH is 3. The number of hydrogen-bond donors (Lipinski definition) is 4. The lowest BCUT2D eigenvalue weighted by Crippen LogP contribution is -2.60. The van der Waals surface area contributed by atoms with Gasteiger partial charge in [0.1, 0.15) is 24.4 Å². The molecule has 0 spiro atoms. The Morgan fingerprint density at radius 1 is 1.04 bits per heavy atom. The summed E-state index contributed by atoms with van der Waals surface area (Å²) >= 11 is 0. The Morgan fingerprint density at radius 3 is 2.48 bits per heavy atom. The van der Waals surface area contributed by atoms with E-state index < -0.39 is 30.7 Å². The predicted octanol–water partition coefficient (Wildman–Crippen LogP) is 0.0529. The summed E-state index contributed by atoms with van der Waals surface area (Å²) in [4.78, 5) is 0. The van der Waals surface area contributed by atoms with Gasteiger partial charge in [0, 0.05) is 13.7 Å². The Kier molecular flexibility index (Phi) is 7.42. The number of unbranched alkanes of at least 4 members (excludes halogenated alkanes) is 1. The number of methoxy groups -OCH3 is 1. The molecule has 0 saturated carbocycles. The van der Waals surface area contributed by atoms with Crippen LogP contribution in [0.2, 0.25) is 0 Å². The molecule has 1 heterocycles. The summed E-state index contributed by atoms with van der Waals surface area (Å²) in [5.74, 6) is 0. The minimum absolute atomic E-state index is 0.399. The fourth-order valence-corrected chi connectivity index (χ4v) is 2.75. The first kappa shape index (κ1) is 18.3. The summed E-state index contributed by atoms with van der Waals surface area (Å²) in [5, 5.41) is 32.7. The highest BCUT2D eigenvalue weighted by Crippen LogP contribution is 2.21. The highest BCUT2D eigenvalue weighted by molar-refractivity contribution is 5.14. The maximum absolute atomic E-state index is 9.94. The molecule has 0 aromatic heterocycles. The number of ether oxygens (including phenoxy) is 2. The number of nitrogens with one attached hydrogen (secondary N) is 1. The molecule has 0 bridgehead atoms. The fraction of sp³-hybridized carbons (Fsp3) is 0.647. The van der Waals surface area contributed by atoms with Gasteiger partial charge in [-0.15, -0.1) is 0 Å². The van der Waals surface area contributed by atoms with Crippen LogP contribution in [0.15, 0.2) is 30.3 Å². The van der Waals surface area contributed by atoms with E-state index in [9.17, 15) is 15.3 Å². The van der Waals surface area contributed by atoms with Crippen LogP contribution in [-0.2, 0) is 15.9 Å². The normalized spacial score (nSPS) is 31.2. The third-order valence-corrected chi connectivity index (χ3v) is 4.16. The predicted molar refractivity (Wildman–Crippen MR) is 85.9 cm³/mol. The van der Waals surface area contributed by atoms with E-state index in [1.165, 1.54) is 12.7 Å². The van der Waals surface area contributed by atoms with Gasteiger partial charge < -0.3 is 30.1 Å². The van der Waals surface area contributed by atoms with Gasteiger partial charge in [-0.05, 0) is 31.4 Å². The molecule has 0 unspecified atom stereocenters. The molecule has 1 aliphatic rings. The lowest BCUT2D eigenvalue weighted by Gasteiger charge is -2.39. The van der Waals surface area contributed by atoms with Crippen molar-refractivity contribution in [3.05, 3.63) is 35.9 Å². The van der Waals surface area contributed by atoms with Crippen LogP contribution < -0.4 is 5.32 Å². The Hall–Kier alpha value is -1.02.